The Hall–Kier alpha value is -0.750. The fraction of sp³-hybridized carbons (Fsp3) is 0.636. The van der Waals surface area contributed by atoms with Gasteiger partial charge in [0.05, 0.1) is 18.7 Å². The Morgan fingerprint density at radius 3 is 3.18 bits per heavy atom. The molecule has 0 bridgehead atoms. The van der Waals surface area contributed by atoms with Gasteiger partial charge in [-0.25, -0.2) is 4.98 Å². The van der Waals surface area contributed by atoms with Crippen LogP contribution in [0.3, 0.4) is 0 Å². The van der Waals surface area contributed by atoms with E-state index in [9.17, 15) is 4.79 Å². The number of esters is 1. The number of nitrogens with zero attached hydrogens (tertiary/aromatic N) is 1. The van der Waals surface area contributed by atoms with Gasteiger partial charge in [0.15, 0.2) is 5.13 Å². The first kappa shape index (κ1) is 14.3. The van der Waals surface area contributed by atoms with E-state index in [2.05, 4.69) is 16.6 Å². The Morgan fingerprint density at radius 2 is 2.47 bits per heavy atom. The second-order valence-electron chi connectivity index (χ2n) is 3.37. The molecule has 1 heterocycles. The maximum absolute atomic E-state index is 11.2. The molecule has 0 saturated heterocycles. The van der Waals surface area contributed by atoms with Crippen LogP contribution < -0.4 is 5.32 Å². The SMILES string of the molecule is CCOC(=O)CCc1csc(NCCSC)n1. The lowest BCUT2D eigenvalue weighted by atomic mass is 10.2. The summed E-state index contributed by atoms with van der Waals surface area (Å²) in [6.45, 7) is 3.18. The molecule has 0 aliphatic heterocycles. The summed E-state index contributed by atoms with van der Waals surface area (Å²) >= 11 is 3.38. The Kier molecular flexibility index (Phi) is 7.04. The standard InChI is InChI=1S/C11H18N2O2S2/c1-3-15-10(14)5-4-9-8-17-11(13-9)12-6-7-16-2/h8H,3-7H2,1-2H3,(H,12,13). The van der Waals surface area contributed by atoms with Crippen LogP contribution in [0.5, 0.6) is 0 Å². The Bertz CT molecular complexity index is 342. The zero-order valence-corrected chi connectivity index (χ0v) is 11.8. The third-order valence-electron chi connectivity index (χ3n) is 2.02. The summed E-state index contributed by atoms with van der Waals surface area (Å²) in [6.07, 6.45) is 3.13. The van der Waals surface area contributed by atoms with Crippen LogP contribution in [-0.2, 0) is 16.0 Å². The van der Waals surface area contributed by atoms with Crippen molar-refractivity contribution in [2.75, 3.05) is 30.5 Å². The smallest absolute Gasteiger partial charge is 0.306 e. The molecule has 6 heteroatoms. The van der Waals surface area contributed by atoms with Crippen molar-refractivity contribution in [3.05, 3.63) is 11.1 Å². The largest absolute Gasteiger partial charge is 0.466 e. The van der Waals surface area contributed by atoms with Gasteiger partial charge in [-0.1, -0.05) is 0 Å². The minimum absolute atomic E-state index is 0.155. The first-order chi connectivity index (χ1) is 8.26. The van der Waals surface area contributed by atoms with E-state index in [1.54, 1.807) is 23.1 Å². The number of hydrogen-bond acceptors (Lipinski definition) is 6. The van der Waals surface area contributed by atoms with Crippen molar-refractivity contribution in [2.24, 2.45) is 0 Å². The second-order valence-corrected chi connectivity index (χ2v) is 5.21. The summed E-state index contributed by atoms with van der Waals surface area (Å²) in [5, 5.41) is 6.16. The van der Waals surface area contributed by atoms with Gasteiger partial charge in [0.1, 0.15) is 0 Å². The van der Waals surface area contributed by atoms with Crippen LogP contribution in [-0.4, -0.2) is 36.1 Å². The van der Waals surface area contributed by atoms with Crippen molar-refractivity contribution in [1.29, 1.82) is 0 Å². The number of ether oxygens (including phenoxy) is 1. The number of hydrogen-bond donors (Lipinski definition) is 1. The lowest BCUT2D eigenvalue weighted by molar-refractivity contribution is -0.143. The summed E-state index contributed by atoms with van der Waals surface area (Å²) < 4.78 is 4.87. The Labute approximate surface area is 110 Å². The lowest BCUT2D eigenvalue weighted by Crippen LogP contribution is -2.06. The highest BCUT2D eigenvalue weighted by Crippen LogP contribution is 2.16. The average molecular weight is 274 g/mol. The first-order valence-electron chi connectivity index (χ1n) is 5.59. The van der Waals surface area contributed by atoms with Crippen molar-refractivity contribution in [1.82, 2.24) is 4.98 Å². The van der Waals surface area contributed by atoms with Gasteiger partial charge in [-0.05, 0) is 13.2 Å². The second kappa shape index (κ2) is 8.36. The topological polar surface area (TPSA) is 51.2 Å². The average Bonchev–Trinajstić information content (AvgIpc) is 2.75. The van der Waals surface area contributed by atoms with Crippen molar-refractivity contribution >= 4 is 34.2 Å². The van der Waals surface area contributed by atoms with Gasteiger partial charge in [0.25, 0.3) is 0 Å². The van der Waals surface area contributed by atoms with Crippen LogP contribution in [0.4, 0.5) is 5.13 Å². The van der Waals surface area contributed by atoms with Crippen molar-refractivity contribution < 1.29 is 9.53 Å². The molecule has 0 aliphatic carbocycles. The fourth-order valence-corrected chi connectivity index (χ4v) is 2.31. The summed E-state index contributed by atoms with van der Waals surface area (Å²) in [7, 11) is 0. The summed E-state index contributed by atoms with van der Waals surface area (Å²) in [4.78, 5) is 15.6. The highest BCUT2D eigenvalue weighted by atomic mass is 32.2. The molecule has 0 atom stereocenters. The van der Waals surface area contributed by atoms with Gasteiger partial charge < -0.3 is 10.1 Å². The van der Waals surface area contributed by atoms with E-state index in [4.69, 9.17) is 4.74 Å². The number of carbonyl (C=O) groups excluding carboxylic acids is 1. The molecule has 0 amide bonds. The number of rotatable bonds is 8. The molecular formula is C11H18N2O2S2. The zero-order valence-electron chi connectivity index (χ0n) is 10.2. The van der Waals surface area contributed by atoms with Gasteiger partial charge in [-0.3, -0.25) is 4.79 Å². The first-order valence-corrected chi connectivity index (χ1v) is 7.86. The maximum atomic E-state index is 11.2. The number of thioether (sulfide) groups is 1. The molecule has 0 unspecified atom stereocenters. The van der Waals surface area contributed by atoms with E-state index in [-0.39, 0.29) is 5.97 Å². The molecule has 1 rings (SSSR count). The van der Waals surface area contributed by atoms with Crippen LogP contribution >= 0.6 is 23.1 Å². The van der Waals surface area contributed by atoms with Gasteiger partial charge in [0.2, 0.25) is 0 Å². The predicted octanol–water partition coefficient (Wildman–Crippen LogP) is 2.41. The molecule has 1 N–H and O–H groups in total. The van der Waals surface area contributed by atoms with Gasteiger partial charge in [-0.2, -0.15) is 11.8 Å². The number of aromatic nitrogens is 1. The summed E-state index contributed by atoms with van der Waals surface area (Å²) in [6, 6.07) is 0. The lowest BCUT2D eigenvalue weighted by Gasteiger charge is -2.00. The quantitative estimate of drug-likeness (QED) is 0.583. The molecule has 0 fully saturated rings. The predicted molar refractivity (Wildman–Crippen MR) is 73.9 cm³/mol. The highest BCUT2D eigenvalue weighted by molar-refractivity contribution is 7.98. The number of anilines is 1. The minimum Gasteiger partial charge on any atom is -0.466 e. The molecule has 96 valence electrons. The Balaban J connectivity index is 2.27. The number of nitrogens with one attached hydrogen (secondary N) is 1. The number of thiazole rings is 1. The van der Waals surface area contributed by atoms with E-state index < -0.39 is 0 Å². The number of aryl methyl sites for hydroxylation is 1. The van der Waals surface area contributed by atoms with E-state index in [0.29, 0.717) is 19.4 Å². The molecule has 0 spiro atoms. The van der Waals surface area contributed by atoms with Crippen molar-refractivity contribution in [3.8, 4) is 0 Å². The van der Waals surface area contributed by atoms with Crippen LogP contribution in [0.1, 0.15) is 19.0 Å². The van der Waals surface area contributed by atoms with E-state index >= 15 is 0 Å². The zero-order chi connectivity index (χ0) is 12.5. The molecule has 0 aliphatic rings. The monoisotopic (exact) mass is 274 g/mol. The molecule has 17 heavy (non-hydrogen) atoms. The summed E-state index contributed by atoms with van der Waals surface area (Å²) in [5.41, 5.74) is 0.953. The minimum atomic E-state index is -0.155. The Morgan fingerprint density at radius 1 is 1.65 bits per heavy atom. The van der Waals surface area contributed by atoms with Crippen LogP contribution in [0.15, 0.2) is 5.38 Å². The third-order valence-corrected chi connectivity index (χ3v) is 3.49. The normalized spacial score (nSPS) is 10.2. The summed E-state index contributed by atoms with van der Waals surface area (Å²) in [5.74, 6) is 0.912. The molecule has 0 saturated carbocycles. The van der Waals surface area contributed by atoms with Gasteiger partial charge in [0, 0.05) is 24.1 Å². The van der Waals surface area contributed by atoms with Gasteiger partial charge in [-0.15, -0.1) is 11.3 Å². The molecule has 1 aromatic rings. The van der Waals surface area contributed by atoms with Crippen LogP contribution in [0, 0.1) is 0 Å². The van der Waals surface area contributed by atoms with Gasteiger partial charge >= 0.3 is 5.97 Å². The molecule has 0 aromatic carbocycles. The van der Waals surface area contributed by atoms with E-state index in [1.807, 2.05) is 12.3 Å². The number of carbonyl (C=O) groups is 1. The molecular weight excluding hydrogens is 256 g/mol. The van der Waals surface area contributed by atoms with Crippen molar-refractivity contribution in [3.63, 3.8) is 0 Å². The maximum Gasteiger partial charge on any atom is 0.306 e. The van der Waals surface area contributed by atoms with Crippen LogP contribution in [0.25, 0.3) is 0 Å². The van der Waals surface area contributed by atoms with E-state index in [1.165, 1.54) is 0 Å². The molecule has 4 nitrogen and oxygen atoms in total. The van der Waals surface area contributed by atoms with Crippen molar-refractivity contribution in [2.45, 2.75) is 19.8 Å². The third kappa shape index (κ3) is 5.93. The highest BCUT2D eigenvalue weighted by Gasteiger charge is 2.06. The molecule has 0 radical (unpaired) electrons. The fourth-order valence-electron chi connectivity index (χ4n) is 1.23. The van der Waals surface area contributed by atoms with Crippen LogP contribution in [0.2, 0.25) is 0 Å². The van der Waals surface area contributed by atoms with E-state index in [0.717, 1.165) is 23.1 Å². The molecule has 1 aromatic heterocycles.